The maximum Gasteiger partial charge on any atom is 0.234 e. The Bertz CT molecular complexity index is 668. The molecule has 0 bridgehead atoms. The number of rotatable bonds is 2. The molecular formula is C12H12N4S. The molecule has 0 aliphatic rings. The maximum atomic E-state index is 4.52. The summed E-state index contributed by atoms with van der Waals surface area (Å²) in [5.74, 6) is 0.840. The Kier molecular flexibility index (Phi) is 2.40. The first-order chi connectivity index (χ1) is 8.24. The van der Waals surface area contributed by atoms with Crippen LogP contribution in [0.15, 0.2) is 24.3 Å². The van der Waals surface area contributed by atoms with Crippen LogP contribution in [0.5, 0.6) is 0 Å². The molecule has 1 aromatic carbocycles. The first-order valence-corrected chi connectivity index (χ1v) is 6.28. The van der Waals surface area contributed by atoms with E-state index in [9.17, 15) is 0 Å². The predicted octanol–water partition coefficient (Wildman–Crippen LogP) is 2.39. The van der Waals surface area contributed by atoms with Crippen molar-refractivity contribution >= 4 is 16.3 Å². The van der Waals surface area contributed by atoms with E-state index in [0.29, 0.717) is 0 Å². The van der Waals surface area contributed by atoms with Crippen molar-refractivity contribution in [3.8, 4) is 0 Å². The summed E-state index contributed by atoms with van der Waals surface area (Å²) >= 11 is 1.60. The normalized spacial score (nSPS) is 11.2. The lowest BCUT2D eigenvalue weighted by Crippen LogP contribution is -1.94. The Morgan fingerprint density at radius 3 is 2.76 bits per heavy atom. The molecule has 0 N–H and O–H groups in total. The van der Waals surface area contributed by atoms with Gasteiger partial charge in [-0.05, 0) is 25.0 Å². The molecule has 0 fully saturated rings. The molecule has 2 aromatic heterocycles. The Morgan fingerprint density at radius 1 is 1.18 bits per heavy atom. The van der Waals surface area contributed by atoms with Gasteiger partial charge in [-0.15, -0.1) is 10.2 Å². The lowest BCUT2D eigenvalue weighted by Gasteiger charge is -2.01. The third-order valence-electron chi connectivity index (χ3n) is 2.79. The van der Waals surface area contributed by atoms with Crippen molar-refractivity contribution in [3.63, 3.8) is 0 Å². The van der Waals surface area contributed by atoms with Gasteiger partial charge in [-0.2, -0.15) is 9.61 Å². The van der Waals surface area contributed by atoms with E-state index in [2.05, 4.69) is 46.5 Å². The lowest BCUT2D eigenvalue weighted by atomic mass is 10.1. The number of hydrogen-bond acceptors (Lipinski definition) is 4. The fraction of sp³-hybridized carbons (Fsp3) is 0.250. The number of aryl methyl sites for hydroxylation is 2. The molecule has 3 rings (SSSR count). The van der Waals surface area contributed by atoms with Crippen LogP contribution in [0.3, 0.4) is 0 Å². The zero-order valence-corrected chi connectivity index (χ0v) is 10.5. The van der Waals surface area contributed by atoms with Crippen molar-refractivity contribution in [1.82, 2.24) is 19.8 Å². The smallest absolute Gasteiger partial charge is 0.188 e. The van der Waals surface area contributed by atoms with E-state index in [1.54, 1.807) is 15.9 Å². The molecule has 0 atom stereocenters. The van der Waals surface area contributed by atoms with Crippen LogP contribution in [0.2, 0.25) is 0 Å². The highest BCUT2D eigenvalue weighted by atomic mass is 32.1. The summed E-state index contributed by atoms with van der Waals surface area (Å²) in [6, 6.07) is 8.39. The molecular weight excluding hydrogens is 232 g/mol. The quantitative estimate of drug-likeness (QED) is 0.695. The van der Waals surface area contributed by atoms with Gasteiger partial charge in [-0.25, -0.2) is 0 Å². The summed E-state index contributed by atoms with van der Waals surface area (Å²) in [5.41, 5.74) is 2.62. The highest BCUT2D eigenvalue weighted by Gasteiger charge is 2.09. The second-order valence-electron chi connectivity index (χ2n) is 4.04. The first-order valence-electron chi connectivity index (χ1n) is 5.46. The third-order valence-corrected chi connectivity index (χ3v) is 3.69. The van der Waals surface area contributed by atoms with Gasteiger partial charge in [0.1, 0.15) is 5.01 Å². The molecule has 4 nitrogen and oxygen atoms in total. The second-order valence-corrected chi connectivity index (χ2v) is 5.08. The molecule has 0 spiro atoms. The molecule has 3 aromatic rings. The Balaban J connectivity index is 1.97. The molecule has 5 heteroatoms. The van der Waals surface area contributed by atoms with Crippen LogP contribution in [-0.4, -0.2) is 19.8 Å². The van der Waals surface area contributed by atoms with Crippen LogP contribution < -0.4 is 0 Å². The predicted molar refractivity (Wildman–Crippen MR) is 67.4 cm³/mol. The molecule has 0 amide bonds. The Hall–Kier alpha value is -1.75. The molecule has 0 saturated carbocycles. The fourth-order valence-electron chi connectivity index (χ4n) is 1.80. The molecule has 86 valence electrons. The number of hydrogen-bond donors (Lipinski definition) is 0. The summed E-state index contributed by atoms with van der Waals surface area (Å²) in [7, 11) is 0. The van der Waals surface area contributed by atoms with Gasteiger partial charge in [0.15, 0.2) is 5.82 Å². The van der Waals surface area contributed by atoms with Crippen molar-refractivity contribution < 1.29 is 0 Å². The van der Waals surface area contributed by atoms with E-state index < -0.39 is 0 Å². The van der Waals surface area contributed by atoms with Crippen LogP contribution in [-0.2, 0) is 6.42 Å². The van der Waals surface area contributed by atoms with Gasteiger partial charge >= 0.3 is 0 Å². The van der Waals surface area contributed by atoms with Gasteiger partial charge in [-0.1, -0.05) is 35.6 Å². The first kappa shape index (κ1) is 10.4. The fourth-order valence-corrected chi connectivity index (χ4v) is 2.70. The SMILES string of the molecule is Cc1ccccc1Cc1nn2c(C)nnc2s1. The standard InChI is InChI=1S/C12H12N4S/c1-8-5-3-4-6-10(8)7-11-15-16-9(2)13-14-12(16)17-11/h3-6H,7H2,1-2H3. The molecule has 17 heavy (non-hydrogen) atoms. The van der Waals surface area contributed by atoms with Crippen LogP contribution >= 0.6 is 11.3 Å². The van der Waals surface area contributed by atoms with Crippen molar-refractivity contribution in [2.45, 2.75) is 20.3 Å². The molecule has 0 aliphatic heterocycles. The molecule has 0 saturated heterocycles. The van der Waals surface area contributed by atoms with Gasteiger partial charge in [0.2, 0.25) is 4.96 Å². The molecule has 0 unspecified atom stereocenters. The van der Waals surface area contributed by atoms with Crippen molar-refractivity contribution in [1.29, 1.82) is 0 Å². The minimum absolute atomic E-state index is 0.840. The maximum absolute atomic E-state index is 4.52. The van der Waals surface area contributed by atoms with Crippen LogP contribution in [0.1, 0.15) is 22.0 Å². The molecule has 0 aliphatic carbocycles. The topological polar surface area (TPSA) is 43.1 Å². The zero-order chi connectivity index (χ0) is 11.8. The van der Waals surface area contributed by atoms with Crippen LogP contribution in [0.25, 0.3) is 4.96 Å². The lowest BCUT2D eigenvalue weighted by molar-refractivity contribution is 0.863. The van der Waals surface area contributed by atoms with E-state index in [0.717, 1.165) is 22.2 Å². The van der Waals surface area contributed by atoms with E-state index in [-0.39, 0.29) is 0 Å². The average Bonchev–Trinajstić information content (AvgIpc) is 2.85. The summed E-state index contributed by atoms with van der Waals surface area (Å²) in [6.45, 7) is 4.04. The summed E-state index contributed by atoms with van der Waals surface area (Å²) < 4.78 is 1.80. The highest BCUT2D eigenvalue weighted by molar-refractivity contribution is 7.16. The minimum Gasteiger partial charge on any atom is -0.188 e. The van der Waals surface area contributed by atoms with E-state index in [1.165, 1.54) is 11.1 Å². The van der Waals surface area contributed by atoms with E-state index in [1.807, 2.05) is 6.92 Å². The van der Waals surface area contributed by atoms with Crippen LogP contribution in [0.4, 0.5) is 0 Å². The summed E-state index contributed by atoms with van der Waals surface area (Å²) in [4.78, 5) is 0.867. The van der Waals surface area contributed by atoms with Gasteiger partial charge in [0.25, 0.3) is 0 Å². The van der Waals surface area contributed by atoms with Gasteiger partial charge in [0, 0.05) is 6.42 Å². The zero-order valence-electron chi connectivity index (χ0n) is 9.71. The summed E-state index contributed by atoms with van der Waals surface area (Å²) in [6.07, 6.45) is 0.861. The number of nitrogens with zero attached hydrogens (tertiary/aromatic N) is 4. The minimum atomic E-state index is 0.840. The Labute approximate surface area is 103 Å². The van der Waals surface area contributed by atoms with Crippen LogP contribution in [0, 0.1) is 13.8 Å². The molecule has 2 heterocycles. The molecule has 0 radical (unpaired) electrons. The van der Waals surface area contributed by atoms with Crippen molar-refractivity contribution in [3.05, 3.63) is 46.2 Å². The van der Waals surface area contributed by atoms with Gasteiger partial charge in [0.05, 0.1) is 0 Å². The number of fused-ring (bicyclic) bond motifs is 1. The third kappa shape index (κ3) is 1.82. The van der Waals surface area contributed by atoms with Gasteiger partial charge in [-0.3, -0.25) is 0 Å². The van der Waals surface area contributed by atoms with Gasteiger partial charge < -0.3 is 0 Å². The average molecular weight is 244 g/mol. The largest absolute Gasteiger partial charge is 0.234 e. The van der Waals surface area contributed by atoms with Crippen molar-refractivity contribution in [2.75, 3.05) is 0 Å². The number of aromatic nitrogens is 4. The summed E-state index contributed by atoms with van der Waals surface area (Å²) in [5, 5.41) is 13.6. The highest BCUT2D eigenvalue weighted by Crippen LogP contribution is 2.18. The van der Waals surface area contributed by atoms with Crippen molar-refractivity contribution in [2.24, 2.45) is 0 Å². The second kappa shape index (κ2) is 3.92. The van der Waals surface area contributed by atoms with E-state index in [4.69, 9.17) is 0 Å². The monoisotopic (exact) mass is 244 g/mol. The Morgan fingerprint density at radius 2 is 2.00 bits per heavy atom. The van der Waals surface area contributed by atoms with E-state index >= 15 is 0 Å². The number of benzene rings is 1.